The molecule has 0 saturated heterocycles. The Morgan fingerprint density at radius 1 is 1.35 bits per heavy atom. The van der Waals surface area contributed by atoms with Crippen LogP contribution < -0.4 is 0 Å². The fourth-order valence-corrected chi connectivity index (χ4v) is 6.53. The summed E-state index contributed by atoms with van der Waals surface area (Å²) in [6.07, 6.45) is 4.17. The maximum atomic E-state index is 13.4. The van der Waals surface area contributed by atoms with Crippen molar-refractivity contribution in [2.24, 2.45) is 16.2 Å². The van der Waals surface area contributed by atoms with Gasteiger partial charge in [0.25, 0.3) is 0 Å². The second-order valence-corrected chi connectivity index (χ2v) is 8.96. The van der Waals surface area contributed by atoms with Crippen molar-refractivity contribution in [1.82, 2.24) is 0 Å². The summed E-state index contributed by atoms with van der Waals surface area (Å²) in [6, 6.07) is 9.41. The van der Waals surface area contributed by atoms with Crippen molar-refractivity contribution in [1.29, 1.82) is 0 Å². The fraction of sp³-hybridized carbons (Fsp3) is 0.625. The molecule has 0 spiro atoms. The van der Waals surface area contributed by atoms with Gasteiger partial charge in [-0.2, -0.15) is 0 Å². The van der Waals surface area contributed by atoms with E-state index < -0.39 is 15.3 Å². The molecule has 2 fully saturated rings. The minimum Gasteiger partial charge on any atom is -0.388 e. The lowest BCUT2D eigenvalue weighted by Crippen LogP contribution is -2.49. The van der Waals surface area contributed by atoms with E-state index in [1.807, 2.05) is 37.3 Å². The molecule has 2 aliphatic carbocycles. The molecule has 2 bridgehead atoms. The highest BCUT2D eigenvalue weighted by atomic mass is 32.2. The van der Waals surface area contributed by atoms with E-state index in [2.05, 4.69) is 4.36 Å². The Labute approximate surface area is 121 Å². The van der Waals surface area contributed by atoms with Crippen LogP contribution in [-0.4, -0.2) is 27.2 Å². The van der Waals surface area contributed by atoms with Crippen LogP contribution >= 0.6 is 0 Å². The first-order valence-electron chi connectivity index (χ1n) is 7.42. The van der Waals surface area contributed by atoms with Gasteiger partial charge in [0.2, 0.25) is 0 Å². The molecule has 2 aliphatic rings. The van der Waals surface area contributed by atoms with Crippen LogP contribution in [0, 0.1) is 11.8 Å². The largest absolute Gasteiger partial charge is 0.388 e. The normalized spacial score (nSPS) is 36.5. The third-order valence-electron chi connectivity index (χ3n) is 5.40. The maximum Gasteiger partial charge on any atom is 0.0830 e. The van der Waals surface area contributed by atoms with Crippen molar-refractivity contribution in [3.05, 3.63) is 30.3 Å². The predicted octanol–water partition coefficient (Wildman–Crippen LogP) is 3.08. The maximum absolute atomic E-state index is 13.4. The van der Waals surface area contributed by atoms with E-state index in [-0.39, 0.29) is 5.25 Å². The van der Waals surface area contributed by atoms with Gasteiger partial charge in [0.1, 0.15) is 0 Å². The van der Waals surface area contributed by atoms with Gasteiger partial charge in [0, 0.05) is 11.9 Å². The lowest BCUT2D eigenvalue weighted by molar-refractivity contribution is -0.0123. The molecule has 0 heterocycles. The summed E-state index contributed by atoms with van der Waals surface area (Å²) in [6.45, 7) is 1.92. The van der Waals surface area contributed by atoms with E-state index in [0.29, 0.717) is 11.8 Å². The van der Waals surface area contributed by atoms with Crippen molar-refractivity contribution in [3.8, 4) is 0 Å². The molecule has 3 unspecified atom stereocenters. The quantitative estimate of drug-likeness (QED) is 0.931. The number of aliphatic hydroxyl groups is 1. The van der Waals surface area contributed by atoms with Gasteiger partial charge >= 0.3 is 0 Å². The van der Waals surface area contributed by atoms with Gasteiger partial charge in [-0.3, -0.25) is 0 Å². The zero-order valence-electron chi connectivity index (χ0n) is 12.2. The minimum absolute atomic E-state index is 0.300. The van der Waals surface area contributed by atoms with E-state index in [1.54, 1.807) is 7.05 Å². The Hall–Kier alpha value is -0.870. The summed E-state index contributed by atoms with van der Waals surface area (Å²) >= 11 is 0. The molecule has 1 N–H and O–H groups in total. The third-order valence-corrected chi connectivity index (χ3v) is 8.26. The molecule has 4 heteroatoms. The molecule has 0 amide bonds. The SMILES string of the molecule is CN=S(=O)(c1ccccc1)C(C)C1(O)C[C@@H]2CC[C@H]1C2. The molecule has 1 aromatic carbocycles. The number of rotatable bonds is 3. The van der Waals surface area contributed by atoms with E-state index in [0.717, 1.165) is 24.2 Å². The molecule has 0 radical (unpaired) electrons. The highest BCUT2D eigenvalue weighted by Crippen LogP contribution is 2.53. The van der Waals surface area contributed by atoms with Gasteiger partial charge in [0.15, 0.2) is 0 Å². The van der Waals surface area contributed by atoms with Crippen molar-refractivity contribution in [2.75, 3.05) is 7.05 Å². The topological polar surface area (TPSA) is 49.7 Å². The van der Waals surface area contributed by atoms with Gasteiger partial charge in [-0.25, -0.2) is 8.57 Å². The summed E-state index contributed by atoms with van der Waals surface area (Å²) < 4.78 is 17.6. The highest BCUT2D eigenvalue weighted by molar-refractivity contribution is 7.94. The van der Waals surface area contributed by atoms with Crippen LogP contribution in [0.5, 0.6) is 0 Å². The highest BCUT2D eigenvalue weighted by Gasteiger charge is 2.55. The lowest BCUT2D eigenvalue weighted by Gasteiger charge is -2.39. The van der Waals surface area contributed by atoms with Crippen LogP contribution in [0.2, 0.25) is 0 Å². The molecule has 0 aliphatic heterocycles. The van der Waals surface area contributed by atoms with Crippen LogP contribution in [0.1, 0.15) is 32.6 Å². The van der Waals surface area contributed by atoms with Gasteiger partial charge < -0.3 is 5.11 Å². The van der Waals surface area contributed by atoms with Gasteiger partial charge in [-0.05, 0) is 56.6 Å². The molecule has 1 aromatic rings. The standard InChI is InChI=1S/C16H23NO2S/c1-12(16(18)11-13-8-9-14(16)10-13)20(19,17-2)15-6-4-3-5-7-15/h3-7,12-14,18H,8-11H2,1-2H3/t12?,13-,14+,16?,20?/m1/s1. The average Bonchev–Trinajstić information content (AvgIpc) is 3.07. The number of fused-ring (bicyclic) bond motifs is 2. The van der Waals surface area contributed by atoms with Gasteiger partial charge in [-0.15, -0.1) is 0 Å². The van der Waals surface area contributed by atoms with Crippen LogP contribution in [0.25, 0.3) is 0 Å². The Morgan fingerprint density at radius 3 is 2.55 bits per heavy atom. The first kappa shape index (κ1) is 14.1. The first-order valence-corrected chi connectivity index (χ1v) is 9.00. The van der Waals surface area contributed by atoms with Crippen molar-refractivity contribution in [2.45, 2.75) is 48.4 Å². The summed E-state index contributed by atoms with van der Waals surface area (Å²) in [5.41, 5.74) is -0.810. The monoisotopic (exact) mass is 293 g/mol. The van der Waals surface area contributed by atoms with Crippen molar-refractivity contribution < 1.29 is 9.32 Å². The van der Waals surface area contributed by atoms with Crippen LogP contribution in [0.15, 0.2) is 39.6 Å². The second-order valence-electron chi connectivity index (χ2n) is 6.28. The summed E-state index contributed by atoms with van der Waals surface area (Å²) in [4.78, 5) is 0.742. The molecular formula is C16H23NO2S. The second kappa shape index (κ2) is 4.85. The average molecular weight is 293 g/mol. The van der Waals surface area contributed by atoms with Crippen LogP contribution in [0.4, 0.5) is 0 Å². The van der Waals surface area contributed by atoms with E-state index in [1.165, 1.54) is 6.42 Å². The zero-order chi connectivity index (χ0) is 14.4. The zero-order valence-corrected chi connectivity index (χ0v) is 13.0. The van der Waals surface area contributed by atoms with E-state index in [9.17, 15) is 9.32 Å². The first-order chi connectivity index (χ1) is 9.50. The Morgan fingerprint density at radius 2 is 2.05 bits per heavy atom. The van der Waals surface area contributed by atoms with Gasteiger partial charge in [0.05, 0.1) is 20.6 Å². The van der Waals surface area contributed by atoms with E-state index in [4.69, 9.17) is 0 Å². The summed E-state index contributed by atoms with van der Waals surface area (Å²) in [5, 5.41) is 10.8. The molecule has 3 rings (SSSR count). The Kier molecular flexibility index (Phi) is 3.41. The molecule has 20 heavy (non-hydrogen) atoms. The van der Waals surface area contributed by atoms with Gasteiger partial charge in [-0.1, -0.05) is 18.2 Å². The summed E-state index contributed by atoms with van der Waals surface area (Å²) in [5.74, 6) is 0.914. The van der Waals surface area contributed by atoms with Crippen LogP contribution in [0.3, 0.4) is 0 Å². The van der Waals surface area contributed by atoms with Crippen molar-refractivity contribution in [3.63, 3.8) is 0 Å². The number of nitrogens with zero attached hydrogens (tertiary/aromatic N) is 1. The molecule has 0 aromatic heterocycles. The molecule has 110 valence electrons. The Balaban J connectivity index is 2.01. The molecule has 5 atom stereocenters. The van der Waals surface area contributed by atoms with Crippen LogP contribution in [-0.2, 0) is 9.73 Å². The molecular weight excluding hydrogens is 270 g/mol. The Bertz CT molecular complexity index is 606. The third kappa shape index (κ3) is 1.92. The fourth-order valence-electron chi connectivity index (χ4n) is 4.20. The number of hydrogen-bond donors (Lipinski definition) is 1. The number of hydrogen-bond acceptors (Lipinski definition) is 3. The minimum atomic E-state index is -2.57. The summed E-state index contributed by atoms with van der Waals surface area (Å²) in [7, 11) is -0.960. The number of benzene rings is 1. The lowest BCUT2D eigenvalue weighted by atomic mass is 9.82. The smallest absolute Gasteiger partial charge is 0.0830 e. The predicted molar refractivity (Wildman–Crippen MR) is 81.1 cm³/mol. The molecule has 3 nitrogen and oxygen atoms in total. The molecule has 2 saturated carbocycles. The van der Waals surface area contributed by atoms with E-state index >= 15 is 0 Å². The van der Waals surface area contributed by atoms with Crippen molar-refractivity contribution >= 4 is 9.73 Å².